The summed E-state index contributed by atoms with van der Waals surface area (Å²) in [5, 5.41) is 14.3. The minimum Gasteiger partial charge on any atom is -0.444 e. The van der Waals surface area contributed by atoms with E-state index in [9.17, 15) is 19.5 Å². The molecule has 0 aliphatic heterocycles. The Kier molecular flexibility index (Phi) is 11.3. The van der Waals surface area contributed by atoms with Gasteiger partial charge in [0.15, 0.2) is 11.7 Å². The second-order valence-electron chi connectivity index (χ2n) is 12.4. The molecule has 3 atom stereocenters. The van der Waals surface area contributed by atoms with E-state index in [1.807, 2.05) is 30.3 Å². The number of amides is 3. The molecule has 3 aromatic rings. The molecule has 11 nitrogen and oxygen atoms in total. The Morgan fingerprint density at radius 1 is 0.953 bits per heavy atom. The van der Waals surface area contributed by atoms with E-state index in [1.165, 1.54) is 0 Å². The summed E-state index contributed by atoms with van der Waals surface area (Å²) >= 11 is 0. The maximum atomic E-state index is 13.9. The minimum atomic E-state index is -1.46. The number of imide groups is 1. The fraction of sp³-hybridized carbons (Fsp3) is 0.500. The first-order valence-corrected chi connectivity index (χ1v) is 14.5. The molecule has 0 bridgehead atoms. The fourth-order valence-corrected chi connectivity index (χ4v) is 4.40. The lowest BCUT2D eigenvalue weighted by Gasteiger charge is -2.35. The van der Waals surface area contributed by atoms with Crippen LogP contribution in [-0.2, 0) is 20.7 Å². The number of nitrogens with two attached hydrogens (primary N) is 1. The number of rotatable bonds is 11. The third kappa shape index (κ3) is 10.4. The molecule has 0 spiro atoms. The number of aromatic nitrogens is 1. The van der Waals surface area contributed by atoms with E-state index in [1.54, 1.807) is 65.8 Å². The Morgan fingerprint density at radius 3 is 2.21 bits per heavy atom. The zero-order valence-electron chi connectivity index (χ0n) is 25.8. The van der Waals surface area contributed by atoms with Crippen molar-refractivity contribution in [2.75, 3.05) is 6.54 Å². The molecule has 43 heavy (non-hydrogen) atoms. The first-order chi connectivity index (χ1) is 20.1. The van der Waals surface area contributed by atoms with Gasteiger partial charge in [0.2, 0.25) is 11.8 Å². The summed E-state index contributed by atoms with van der Waals surface area (Å²) in [6.45, 7) is 10.6. The fourth-order valence-electron chi connectivity index (χ4n) is 4.40. The van der Waals surface area contributed by atoms with Crippen molar-refractivity contribution in [2.24, 2.45) is 5.73 Å². The smallest absolute Gasteiger partial charge is 0.417 e. The quantitative estimate of drug-likeness (QED) is 0.251. The molecule has 0 radical (unpaired) electrons. The molecule has 1 heterocycles. The van der Waals surface area contributed by atoms with Crippen LogP contribution < -0.4 is 11.1 Å². The summed E-state index contributed by atoms with van der Waals surface area (Å²) < 4.78 is 16.7. The summed E-state index contributed by atoms with van der Waals surface area (Å²) in [4.78, 5) is 44.8. The molecule has 1 aromatic heterocycles. The van der Waals surface area contributed by atoms with E-state index in [0.717, 1.165) is 10.5 Å². The van der Waals surface area contributed by atoms with Crippen molar-refractivity contribution in [2.45, 2.75) is 96.6 Å². The zero-order chi connectivity index (χ0) is 31.8. The number of ether oxygens (including phenoxy) is 2. The highest BCUT2D eigenvalue weighted by Crippen LogP contribution is 2.29. The van der Waals surface area contributed by atoms with Gasteiger partial charge < -0.3 is 30.0 Å². The van der Waals surface area contributed by atoms with Crippen molar-refractivity contribution >= 4 is 29.2 Å². The average Bonchev–Trinajstić information content (AvgIpc) is 3.35. The number of fused-ring (bicyclic) bond motifs is 1. The first-order valence-electron chi connectivity index (χ1n) is 14.5. The van der Waals surface area contributed by atoms with Gasteiger partial charge in [-0.1, -0.05) is 42.5 Å². The molecule has 4 N–H and O–H groups in total. The lowest BCUT2D eigenvalue weighted by Crippen LogP contribution is -2.55. The van der Waals surface area contributed by atoms with Crippen molar-refractivity contribution in [1.29, 1.82) is 0 Å². The van der Waals surface area contributed by atoms with Gasteiger partial charge in [-0.05, 0) is 84.9 Å². The maximum Gasteiger partial charge on any atom is 0.417 e. The number of carbonyl (C=O) groups excluding carboxylic acids is 3. The molecule has 234 valence electrons. The van der Waals surface area contributed by atoms with Crippen molar-refractivity contribution in [3.05, 3.63) is 66.1 Å². The van der Waals surface area contributed by atoms with Crippen LogP contribution in [0.5, 0.6) is 0 Å². The van der Waals surface area contributed by atoms with E-state index in [2.05, 4.69) is 10.3 Å². The number of hydrogen-bond donors (Lipinski definition) is 3. The average molecular weight is 597 g/mol. The van der Waals surface area contributed by atoms with Gasteiger partial charge in [0.05, 0.1) is 12.1 Å². The Hall–Kier alpha value is -3.96. The number of alkyl carbamates (subject to hydrolysis) is 1. The van der Waals surface area contributed by atoms with Crippen LogP contribution in [0.3, 0.4) is 0 Å². The number of aryl methyl sites for hydroxylation is 1. The summed E-state index contributed by atoms with van der Waals surface area (Å²) in [6, 6.07) is 14.3. The van der Waals surface area contributed by atoms with E-state index in [-0.39, 0.29) is 25.3 Å². The topological polar surface area (TPSA) is 157 Å². The summed E-state index contributed by atoms with van der Waals surface area (Å²) in [7, 11) is 0. The number of nitrogens with zero attached hydrogens (tertiary/aromatic N) is 2. The molecule has 1 unspecified atom stereocenters. The molecule has 0 saturated carbocycles. The normalized spacial score (nSPS) is 14.0. The third-order valence-corrected chi connectivity index (χ3v) is 6.34. The lowest BCUT2D eigenvalue weighted by molar-refractivity contribution is -0.137. The molecular formula is C32H44N4O7. The van der Waals surface area contributed by atoms with Crippen LogP contribution in [0, 0.1) is 0 Å². The van der Waals surface area contributed by atoms with Crippen LogP contribution >= 0.6 is 0 Å². The molecule has 2 aromatic carbocycles. The highest BCUT2D eigenvalue weighted by Gasteiger charge is 2.41. The van der Waals surface area contributed by atoms with Gasteiger partial charge in [-0.3, -0.25) is 4.79 Å². The number of benzene rings is 2. The van der Waals surface area contributed by atoms with Crippen LogP contribution in [-0.4, -0.2) is 62.9 Å². The number of hydrogen-bond acceptors (Lipinski definition) is 9. The van der Waals surface area contributed by atoms with E-state index in [0.29, 0.717) is 23.9 Å². The number of nitrogens with one attached hydrogen (secondary N) is 1. The molecular weight excluding hydrogens is 552 g/mol. The summed E-state index contributed by atoms with van der Waals surface area (Å²) in [5.41, 5.74) is 6.69. The maximum absolute atomic E-state index is 13.9. The van der Waals surface area contributed by atoms with Gasteiger partial charge in [-0.25, -0.2) is 19.5 Å². The van der Waals surface area contributed by atoms with Crippen LogP contribution in [0.25, 0.3) is 11.1 Å². The SMILES string of the molecule is CC(C)(C)OC(=O)NCCC[C@@H](N)C(=O)N(C(=O)OC(C)(C)C)[C@H](CCc1ccccc1)C(O)c1nc2ccccc2o1. The number of para-hydroxylation sites is 2. The molecule has 0 aliphatic carbocycles. The third-order valence-electron chi connectivity index (χ3n) is 6.34. The van der Waals surface area contributed by atoms with Gasteiger partial charge in [-0.15, -0.1) is 0 Å². The Balaban J connectivity index is 1.87. The highest BCUT2D eigenvalue weighted by atomic mass is 16.6. The molecule has 0 aliphatic rings. The van der Waals surface area contributed by atoms with E-state index >= 15 is 0 Å². The molecule has 0 fully saturated rings. The van der Waals surface area contributed by atoms with Gasteiger partial charge >= 0.3 is 12.2 Å². The van der Waals surface area contributed by atoms with Crippen molar-refractivity contribution in [3.8, 4) is 0 Å². The second-order valence-corrected chi connectivity index (χ2v) is 12.4. The van der Waals surface area contributed by atoms with Crippen molar-refractivity contribution in [3.63, 3.8) is 0 Å². The molecule has 0 saturated heterocycles. The molecule has 3 rings (SSSR count). The molecule has 11 heteroatoms. The highest BCUT2D eigenvalue weighted by molar-refractivity contribution is 5.95. The standard InChI is InChI=1S/C32H44N4O7/c1-31(2,3)42-29(39)34-20-12-15-22(33)28(38)36(30(40)43-32(4,5)6)24(19-18-21-13-8-7-9-14-21)26(37)27-35-23-16-10-11-17-25(23)41-27/h7-11,13-14,16-17,22,24,26,37H,12,15,18-20,33H2,1-6H3,(H,34,39)/t22-,24-,26?/m1/s1. The van der Waals surface area contributed by atoms with E-state index in [4.69, 9.17) is 19.6 Å². The van der Waals surface area contributed by atoms with Crippen molar-refractivity contribution < 1.29 is 33.4 Å². The van der Waals surface area contributed by atoms with E-state index < -0.39 is 47.5 Å². The minimum absolute atomic E-state index is 0.0317. The van der Waals surface area contributed by atoms with Gasteiger partial charge in [0.25, 0.3) is 0 Å². The largest absolute Gasteiger partial charge is 0.444 e. The second kappa shape index (κ2) is 14.5. The zero-order valence-corrected chi connectivity index (χ0v) is 25.8. The Morgan fingerprint density at radius 2 is 1.58 bits per heavy atom. The predicted molar refractivity (Wildman–Crippen MR) is 162 cm³/mol. The van der Waals surface area contributed by atoms with Gasteiger partial charge in [0.1, 0.15) is 16.7 Å². The number of aliphatic hydroxyl groups excluding tert-OH is 1. The number of oxazole rings is 1. The lowest BCUT2D eigenvalue weighted by atomic mass is 9.98. The Bertz CT molecular complexity index is 1330. The monoisotopic (exact) mass is 596 g/mol. The van der Waals surface area contributed by atoms with Crippen LogP contribution in [0.4, 0.5) is 9.59 Å². The summed E-state index contributed by atoms with van der Waals surface area (Å²) in [5.74, 6) is -0.754. The first kappa shape index (κ1) is 33.5. The Labute approximate surface area is 252 Å². The molecule has 3 amide bonds. The predicted octanol–water partition coefficient (Wildman–Crippen LogP) is 5.26. The van der Waals surface area contributed by atoms with Crippen LogP contribution in [0.15, 0.2) is 59.0 Å². The summed E-state index contributed by atoms with van der Waals surface area (Å²) in [6.07, 6.45) is -1.87. The van der Waals surface area contributed by atoms with Gasteiger partial charge in [0, 0.05) is 6.54 Å². The van der Waals surface area contributed by atoms with Crippen LogP contribution in [0.1, 0.15) is 78.4 Å². The number of aliphatic hydroxyl groups is 1. The van der Waals surface area contributed by atoms with Gasteiger partial charge in [-0.2, -0.15) is 0 Å². The van der Waals surface area contributed by atoms with Crippen molar-refractivity contribution in [1.82, 2.24) is 15.2 Å². The number of carbonyl (C=O) groups is 3. The van der Waals surface area contributed by atoms with Crippen LogP contribution in [0.2, 0.25) is 0 Å².